The van der Waals surface area contributed by atoms with Gasteiger partial charge in [0, 0.05) is 57.2 Å². The summed E-state index contributed by atoms with van der Waals surface area (Å²) in [6.45, 7) is 21.9. The Hall–Kier alpha value is -1.74. The molecular formula is C43H82N4O13. The molecule has 18 atom stereocenters. The molecule has 0 spiro atoms. The Kier molecular flexibility index (Phi) is 19.1. The predicted octanol–water partition coefficient (Wildman–Crippen LogP) is 1.98. The molecule has 0 bridgehead atoms. The molecule has 17 nitrogen and oxygen atoms in total. The summed E-state index contributed by atoms with van der Waals surface area (Å²) >= 11 is 0. The molecule has 3 aliphatic heterocycles. The second-order valence-electron chi connectivity index (χ2n) is 19.3. The number of aliphatic hydroxyl groups excluding tert-OH is 3. The molecule has 0 aromatic heterocycles. The van der Waals surface area contributed by atoms with E-state index in [4.69, 9.17) is 28.4 Å². The minimum absolute atomic E-state index is 0.0740. The first-order chi connectivity index (χ1) is 27.7. The number of ether oxygens (including phenoxy) is 6. The number of hydrogen-bond donors (Lipinski definition) is 7. The summed E-state index contributed by atoms with van der Waals surface area (Å²) in [4.78, 5) is 30.8. The number of nitrogens with zero attached hydrogens (tertiary/aromatic N) is 2. The van der Waals surface area contributed by atoms with Gasteiger partial charge in [-0.2, -0.15) is 0 Å². The van der Waals surface area contributed by atoms with Crippen LogP contribution >= 0.6 is 0 Å². The van der Waals surface area contributed by atoms with Crippen molar-refractivity contribution in [2.75, 3.05) is 40.8 Å². The Balaban J connectivity index is 2.18. The van der Waals surface area contributed by atoms with Crippen LogP contribution in [0.4, 0.5) is 4.79 Å². The average Bonchev–Trinajstić information content (AvgIpc) is 3.15. The first-order valence-corrected chi connectivity index (χ1v) is 22.0. The number of carbonyl (C=O) groups excluding carboxylic acids is 2. The van der Waals surface area contributed by atoms with Crippen molar-refractivity contribution in [1.29, 1.82) is 0 Å². The van der Waals surface area contributed by atoms with E-state index in [1.807, 2.05) is 51.6 Å². The number of carbonyl (C=O) groups is 2. The Morgan fingerprint density at radius 1 is 0.983 bits per heavy atom. The zero-order valence-electron chi connectivity index (χ0n) is 39.1. The van der Waals surface area contributed by atoms with Crippen LogP contribution in [0, 0.1) is 17.8 Å². The molecule has 3 rings (SSSR count). The van der Waals surface area contributed by atoms with Crippen LogP contribution in [0.2, 0.25) is 0 Å². The molecule has 0 radical (unpaired) electrons. The number of rotatable bonds is 11. The van der Waals surface area contributed by atoms with Gasteiger partial charge in [-0.05, 0) is 102 Å². The SMILES string of the molecule is CC[C@H]1OC(=O)[C@H](C)[C@@H](O[C@@H]2C[C@@](C)(OC)[C@@H](O)[C@H](C)O2)[C@H](C)[C@@H](O[C@@H]2O[C@H](C)C[C@H](N(C)C)[C@H]2O)[C@](C)(O)C[C@@H](C)CN(CCNC(=O)NC(C)C)[C@H](C)[C@@H](O)[C@]1(C)O. The van der Waals surface area contributed by atoms with Crippen molar-refractivity contribution in [3.05, 3.63) is 0 Å². The van der Waals surface area contributed by atoms with Gasteiger partial charge in [0.25, 0.3) is 0 Å². The van der Waals surface area contributed by atoms with Crippen molar-refractivity contribution in [1.82, 2.24) is 20.4 Å². The van der Waals surface area contributed by atoms with E-state index >= 15 is 0 Å². The fourth-order valence-corrected chi connectivity index (χ4v) is 9.53. The van der Waals surface area contributed by atoms with Crippen LogP contribution in [0.25, 0.3) is 0 Å². The summed E-state index contributed by atoms with van der Waals surface area (Å²) in [6.07, 6.45) is -9.00. The number of cyclic esters (lactones) is 1. The maximum absolute atomic E-state index is 14.4. The third-order valence-corrected chi connectivity index (χ3v) is 13.1. The predicted molar refractivity (Wildman–Crippen MR) is 225 cm³/mol. The highest BCUT2D eigenvalue weighted by Gasteiger charge is 2.53. The highest BCUT2D eigenvalue weighted by Crippen LogP contribution is 2.40. The Bertz CT molecular complexity index is 1360. The minimum atomic E-state index is -1.92. The molecule has 3 aliphatic rings. The van der Waals surface area contributed by atoms with Gasteiger partial charge in [0.15, 0.2) is 12.6 Å². The minimum Gasteiger partial charge on any atom is -0.459 e. The quantitative estimate of drug-likeness (QED) is 0.148. The molecule has 60 heavy (non-hydrogen) atoms. The highest BCUT2D eigenvalue weighted by atomic mass is 16.7. The van der Waals surface area contributed by atoms with Crippen molar-refractivity contribution in [3.63, 3.8) is 0 Å². The zero-order valence-corrected chi connectivity index (χ0v) is 39.1. The van der Waals surface area contributed by atoms with Gasteiger partial charge in [-0.25, -0.2) is 4.79 Å². The summed E-state index contributed by atoms with van der Waals surface area (Å²) in [6, 6.07) is -1.43. The fourth-order valence-electron chi connectivity index (χ4n) is 9.53. The number of hydrogen-bond acceptors (Lipinski definition) is 15. The lowest BCUT2D eigenvalue weighted by Gasteiger charge is -2.48. The van der Waals surface area contributed by atoms with Crippen molar-refractivity contribution in [2.45, 2.75) is 205 Å². The van der Waals surface area contributed by atoms with Crippen LogP contribution in [0.3, 0.4) is 0 Å². The molecule has 0 aliphatic carbocycles. The molecule has 3 fully saturated rings. The van der Waals surface area contributed by atoms with E-state index < -0.39 is 96.0 Å². The van der Waals surface area contributed by atoms with Gasteiger partial charge < -0.3 is 69.5 Å². The molecule has 0 unspecified atom stereocenters. The Morgan fingerprint density at radius 3 is 2.18 bits per heavy atom. The third-order valence-electron chi connectivity index (χ3n) is 13.1. The number of methoxy groups -OCH3 is 1. The number of likely N-dealkylation sites (N-methyl/N-ethyl adjacent to an activating group) is 1. The first-order valence-electron chi connectivity index (χ1n) is 22.0. The zero-order chi connectivity index (χ0) is 45.7. The molecule has 352 valence electrons. The monoisotopic (exact) mass is 863 g/mol. The summed E-state index contributed by atoms with van der Waals surface area (Å²) in [7, 11) is 5.24. The van der Waals surface area contributed by atoms with Crippen molar-refractivity contribution in [3.8, 4) is 0 Å². The number of nitrogens with one attached hydrogen (secondary N) is 2. The molecule has 0 saturated carbocycles. The third kappa shape index (κ3) is 12.9. The second-order valence-corrected chi connectivity index (χ2v) is 19.3. The summed E-state index contributed by atoms with van der Waals surface area (Å²) in [5.74, 6) is -2.88. The van der Waals surface area contributed by atoms with Crippen molar-refractivity contribution < 1.29 is 63.5 Å². The van der Waals surface area contributed by atoms with Crippen LogP contribution in [-0.4, -0.2) is 185 Å². The lowest BCUT2D eigenvalue weighted by atomic mass is 9.77. The van der Waals surface area contributed by atoms with E-state index in [1.54, 1.807) is 48.5 Å². The number of esters is 1. The van der Waals surface area contributed by atoms with Gasteiger partial charge in [0.1, 0.15) is 30.0 Å². The molecule has 17 heteroatoms. The number of urea groups is 1. The van der Waals surface area contributed by atoms with E-state index in [1.165, 1.54) is 14.0 Å². The highest BCUT2D eigenvalue weighted by molar-refractivity contribution is 5.74. The fraction of sp³-hybridized carbons (Fsp3) is 0.953. The summed E-state index contributed by atoms with van der Waals surface area (Å²) in [5, 5.41) is 65.0. The Morgan fingerprint density at radius 2 is 1.62 bits per heavy atom. The summed E-state index contributed by atoms with van der Waals surface area (Å²) < 4.78 is 37.8. The van der Waals surface area contributed by atoms with E-state index in [2.05, 4.69) is 10.6 Å². The molecule has 3 saturated heterocycles. The topological polar surface area (TPSA) is 221 Å². The smallest absolute Gasteiger partial charge is 0.315 e. The van der Waals surface area contributed by atoms with E-state index in [-0.39, 0.29) is 62.5 Å². The Labute approximate surface area is 359 Å². The number of amides is 2. The van der Waals surface area contributed by atoms with Crippen LogP contribution < -0.4 is 10.6 Å². The maximum atomic E-state index is 14.4. The van der Waals surface area contributed by atoms with Crippen LogP contribution in [0.15, 0.2) is 0 Å². The van der Waals surface area contributed by atoms with E-state index in [9.17, 15) is 35.1 Å². The normalized spacial score (nSPS) is 44.5. The van der Waals surface area contributed by atoms with Crippen LogP contribution in [0.5, 0.6) is 0 Å². The molecule has 7 N–H and O–H groups in total. The standard InChI is InChI=1S/C43H82N4O13/c1-16-31-43(12,54)35(49)28(8)47(18-17-44-40(52)45-23(2)3)22-24(4)20-41(10,53)37(60-39-33(48)30(46(13)14)19-25(5)56-39)26(6)34(27(7)38(51)58-31)59-32-21-42(11,55-15)36(50)29(9)57-32/h23-37,39,48-50,53-54H,16-22H2,1-15H3,(H2,44,45,52)/t24-,25-,26+,27-,28-,29+,30+,31-,32-,33-,34+,35-,36+,37-,39+,41-,42-,43-/m1/s1. The largest absolute Gasteiger partial charge is 0.459 e. The lowest BCUT2D eigenvalue weighted by Crippen LogP contribution is -2.60. The van der Waals surface area contributed by atoms with Gasteiger partial charge in [-0.1, -0.05) is 20.8 Å². The first kappa shape index (κ1) is 52.6. The molecule has 3 heterocycles. The van der Waals surface area contributed by atoms with Gasteiger partial charge in [0.2, 0.25) is 0 Å². The lowest BCUT2D eigenvalue weighted by molar-refractivity contribution is -0.318. The second kappa shape index (κ2) is 21.8. The van der Waals surface area contributed by atoms with Crippen LogP contribution in [-0.2, 0) is 33.2 Å². The van der Waals surface area contributed by atoms with Crippen molar-refractivity contribution >= 4 is 12.0 Å². The van der Waals surface area contributed by atoms with Crippen molar-refractivity contribution in [2.24, 2.45) is 17.8 Å². The average molecular weight is 863 g/mol. The number of aliphatic hydroxyl groups is 5. The summed E-state index contributed by atoms with van der Waals surface area (Å²) in [5.41, 5.74) is -4.62. The van der Waals surface area contributed by atoms with E-state index in [0.717, 1.165) is 0 Å². The van der Waals surface area contributed by atoms with Gasteiger partial charge in [0.05, 0.1) is 41.5 Å². The maximum Gasteiger partial charge on any atom is 0.315 e. The molecule has 2 amide bonds. The van der Waals surface area contributed by atoms with Gasteiger partial charge in [-0.15, -0.1) is 0 Å². The van der Waals surface area contributed by atoms with Crippen LogP contribution in [0.1, 0.15) is 109 Å². The van der Waals surface area contributed by atoms with Gasteiger partial charge in [-0.3, -0.25) is 9.69 Å². The molecule has 0 aromatic rings. The molecular weight excluding hydrogens is 780 g/mol. The van der Waals surface area contributed by atoms with Gasteiger partial charge >= 0.3 is 12.0 Å². The van der Waals surface area contributed by atoms with E-state index in [0.29, 0.717) is 13.0 Å². The molecule has 0 aromatic carbocycles.